The summed E-state index contributed by atoms with van der Waals surface area (Å²) < 4.78 is 14.0. The van der Waals surface area contributed by atoms with Crippen LogP contribution in [0.5, 0.6) is 11.5 Å². The summed E-state index contributed by atoms with van der Waals surface area (Å²) in [5.74, 6) is 1.16. The number of benzene rings is 2. The molecule has 4 aromatic rings. The number of nitrogens with zero attached hydrogens (tertiary/aromatic N) is 4. The maximum absolute atomic E-state index is 13.6. The predicted octanol–water partition coefficient (Wildman–Crippen LogP) is 4.33. The van der Waals surface area contributed by atoms with Crippen molar-refractivity contribution >= 4 is 34.5 Å². The smallest absolute Gasteiger partial charge is 0.318 e. The van der Waals surface area contributed by atoms with E-state index in [2.05, 4.69) is 43.1 Å². The zero-order chi connectivity index (χ0) is 29.2. The van der Waals surface area contributed by atoms with Crippen LogP contribution in [0.15, 0.2) is 66.7 Å². The molecule has 6 rings (SSSR count). The number of piperazine rings is 1. The van der Waals surface area contributed by atoms with Gasteiger partial charge in [0.1, 0.15) is 11.5 Å². The highest BCUT2D eigenvalue weighted by atomic mass is 16.5. The van der Waals surface area contributed by atoms with Gasteiger partial charge in [0.25, 0.3) is 0 Å². The van der Waals surface area contributed by atoms with Crippen LogP contribution < -0.4 is 20.1 Å². The second-order valence-electron chi connectivity index (χ2n) is 10.5. The molecule has 1 saturated heterocycles. The summed E-state index contributed by atoms with van der Waals surface area (Å²) in [7, 11) is 5.35. The van der Waals surface area contributed by atoms with Gasteiger partial charge in [0, 0.05) is 86.4 Å². The van der Waals surface area contributed by atoms with Crippen molar-refractivity contribution in [3.63, 3.8) is 0 Å². The zero-order valence-corrected chi connectivity index (χ0v) is 24.0. The first-order valence-electron chi connectivity index (χ1n) is 14.0. The van der Waals surface area contributed by atoms with Crippen molar-refractivity contribution < 1.29 is 19.1 Å². The molecule has 0 atom stereocenters. The molecule has 0 bridgehead atoms. The zero-order valence-electron chi connectivity index (χ0n) is 24.0. The Morgan fingerprint density at radius 1 is 1.05 bits per heavy atom. The minimum absolute atomic E-state index is 0.221. The van der Waals surface area contributed by atoms with Crippen LogP contribution in [0.1, 0.15) is 15.9 Å². The first-order chi connectivity index (χ1) is 20.4. The third-order valence-electron chi connectivity index (χ3n) is 7.93. The number of rotatable bonds is 7. The average molecular weight is 567 g/mol. The van der Waals surface area contributed by atoms with E-state index in [0.29, 0.717) is 17.0 Å². The lowest BCUT2D eigenvalue weighted by Gasteiger charge is -2.32. The molecule has 0 aliphatic carbocycles. The number of allylic oxidation sites excluding steroid dienone is 1. The van der Waals surface area contributed by atoms with Gasteiger partial charge < -0.3 is 29.6 Å². The standard InChI is InChI=1S/C32H34N6O4/c1-33-32(40)35-22-4-7-28-26(18-22)31(39)29(42-28)20-25-24-19-23(41-3)5-6-27(24)38(30(25)21-8-10-34-11-9-21)17-16-37-14-12-36(2)13-15-37/h4-11,18-20H,12-17H2,1-3H3,(H2,33,35,40)/b29-20-. The number of Topliss-reactive ketones (excluding diaryl/α,β-unsaturated/α-hetero) is 1. The van der Waals surface area contributed by atoms with Crippen LogP contribution in [-0.2, 0) is 6.54 Å². The molecule has 2 amide bonds. The van der Waals surface area contributed by atoms with Gasteiger partial charge in [-0.25, -0.2) is 4.79 Å². The Balaban J connectivity index is 1.45. The summed E-state index contributed by atoms with van der Waals surface area (Å²) in [4.78, 5) is 34.5. The number of urea groups is 1. The Kier molecular flexibility index (Phi) is 7.64. The van der Waals surface area contributed by atoms with E-state index >= 15 is 0 Å². The van der Waals surface area contributed by atoms with Crippen molar-refractivity contribution in [1.82, 2.24) is 24.7 Å². The Labute approximate surface area is 244 Å². The number of pyridine rings is 1. The number of hydrogen-bond donors (Lipinski definition) is 2. The largest absolute Gasteiger partial charge is 0.497 e. The SMILES string of the molecule is CNC(=O)Nc1ccc2c(c1)C(=O)/C(=C/c1c(-c3ccncc3)n(CCN3CCN(C)CC3)c3ccc(OC)cc13)O2. The number of ketones is 1. The molecule has 2 aliphatic heterocycles. The number of methoxy groups -OCH3 is 1. The van der Waals surface area contributed by atoms with Crippen molar-refractivity contribution in [3.05, 3.63) is 77.8 Å². The molecule has 216 valence electrons. The van der Waals surface area contributed by atoms with E-state index in [9.17, 15) is 9.59 Å². The van der Waals surface area contributed by atoms with Gasteiger partial charge in [0.15, 0.2) is 5.76 Å². The highest BCUT2D eigenvalue weighted by molar-refractivity contribution is 6.16. The molecule has 2 aliphatic rings. The first kappa shape index (κ1) is 27.5. The lowest BCUT2D eigenvalue weighted by atomic mass is 10.0. The molecule has 1 fully saturated rings. The van der Waals surface area contributed by atoms with Gasteiger partial charge >= 0.3 is 6.03 Å². The van der Waals surface area contributed by atoms with Gasteiger partial charge in [-0.2, -0.15) is 0 Å². The molecule has 0 saturated carbocycles. The number of anilines is 1. The maximum atomic E-state index is 13.6. The average Bonchev–Trinajstić information content (AvgIpc) is 3.50. The summed E-state index contributed by atoms with van der Waals surface area (Å²) in [5, 5.41) is 6.19. The van der Waals surface area contributed by atoms with Gasteiger partial charge in [0.05, 0.1) is 18.4 Å². The molecule has 4 heterocycles. The number of aromatic nitrogens is 2. The fourth-order valence-electron chi connectivity index (χ4n) is 5.59. The van der Waals surface area contributed by atoms with Crippen LogP contribution in [0.25, 0.3) is 28.2 Å². The Bertz CT molecular complexity index is 1670. The molecule has 0 radical (unpaired) electrons. The Morgan fingerprint density at radius 2 is 1.83 bits per heavy atom. The molecular formula is C32H34N6O4. The molecule has 42 heavy (non-hydrogen) atoms. The maximum Gasteiger partial charge on any atom is 0.318 e. The molecular weight excluding hydrogens is 532 g/mol. The summed E-state index contributed by atoms with van der Waals surface area (Å²) in [5.41, 5.74) is 4.80. The van der Waals surface area contributed by atoms with Crippen LogP contribution in [-0.4, -0.2) is 85.1 Å². The van der Waals surface area contributed by atoms with Gasteiger partial charge in [-0.3, -0.25) is 14.7 Å². The van der Waals surface area contributed by atoms with Gasteiger partial charge in [-0.05, 0) is 61.7 Å². The molecule has 2 N–H and O–H groups in total. The lowest BCUT2D eigenvalue weighted by Crippen LogP contribution is -2.45. The van der Waals surface area contributed by atoms with Crippen molar-refractivity contribution in [2.45, 2.75) is 6.54 Å². The van der Waals surface area contributed by atoms with E-state index in [1.54, 1.807) is 37.7 Å². The van der Waals surface area contributed by atoms with E-state index in [-0.39, 0.29) is 17.6 Å². The van der Waals surface area contributed by atoms with Crippen LogP contribution in [0.3, 0.4) is 0 Å². The van der Waals surface area contributed by atoms with Crippen molar-refractivity contribution in [2.24, 2.45) is 0 Å². The van der Waals surface area contributed by atoms with Crippen molar-refractivity contribution in [1.29, 1.82) is 0 Å². The third kappa shape index (κ3) is 5.34. The molecule has 10 nitrogen and oxygen atoms in total. The Morgan fingerprint density at radius 3 is 2.57 bits per heavy atom. The third-order valence-corrected chi connectivity index (χ3v) is 7.93. The summed E-state index contributed by atoms with van der Waals surface area (Å²) in [6, 6.07) is 14.7. The number of hydrogen-bond acceptors (Lipinski definition) is 7. The number of ether oxygens (including phenoxy) is 2. The molecule has 2 aromatic heterocycles. The van der Waals surface area contributed by atoms with E-state index in [1.807, 2.05) is 30.3 Å². The number of carbonyl (C=O) groups is 2. The van der Waals surface area contributed by atoms with Gasteiger partial charge in [-0.1, -0.05) is 0 Å². The monoisotopic (exact) mass is 566 g/mol. The fraction of sp³-hybridized carbons (Fsp3) is 0.281. The number of fused-ring (bicyclic) bond motifs is 2. The lowest BCUT2D eigenvalue weighted by molar-refractivity contribution is 0.101. The first-order valence-corrected chi connectivity index (χ1v) is 14.0. The van der Waals surface area contributed by atoms with E-state index in [0.717, 1.165) is 72.7 Å². The second-order valence-corrected chi connectivity index (χ2v) is 10.5. The van der Waals surface area contributed by atoms with E-state index < -0.39 is 0 Å². The predicted molar refractivity (Wildman–Crippen MR) is 163 cm³/mol. The number of amides is 2. The van der Waals surface area contributed by atoms with Crippen molar-refractivity contribution in [3.8, 4) is 22.8 Å². The normalized spacial score (nSPS) is 16.5. The summed E-state index contributed by atoms with van der Waals surface area (Å²) in [6.45, 7) is 5.85. The van der Waals surface area contributed by atoms with E-state index in [4.69, 9.17) is 9.47 Å². The van der Waals surface area contributed by atoms with Crippen LogP contribution in [0.4, 0.5) is 10.5 Å². The van der Waals surface area contributed by atoms with Crippen molar-refractivity contribution in [2.75, 3.05) is 59.2 Å². The molecule has 10 heteroatoms. The van der Waals surface area contributed by atoms with Crippen LogP contribution >= 0.6 is 0 Å². The number of nitrogens with one attached hydrogen (secondary N) is 2. The second kappa shape index (κ2) is 11.7. The number of carbonyl (C=O) groups excluding carboxylic acids is 2. The minimum atomic E-state index is -0.364. The van der Waals surface area contributed by atoms with Crippen LogP contribution in [0, 0.1) is 0 Å². The number of likely N-dealkylation sites (N-methyl/N-ethyl adjacent to an activating group) is 1. The Hall–Kier alpha value is -4.67. The molecule has 0 spiro atoms. The topological polar surface area (TPSA) is 101 Å². The van der Waals surface area contributed by atoms with E-state index in [1.165, 1.54) is 7.05 Å². The quantitative estimate of drug-likeness (QED) is 0.321. The highest BCUT2D eigenvalue weighted by Crippen LogP contribution is 2.40. The van der Waals surface area contributed by atoms with Gasteiger partial charge in [0.2, 0.25) is 5.78 Å². The minimum Gasteiger partial charge on any atom is -0.497 e. The summed E-state index contributed by atoms with van der Waals surface area (Å²) >= 11 is 0. The van der Waals surface area contributed by atoms with Gasteiger partial charge in [-0.15, -0.1) is 0 Å². The fourth-order valence-corrected chi connectivity index (χ4v) is 5.59. The molecule has 0 unspecified atom stereocenters. The van der Waals surface area contributed by atoms with Crippen LogP contribution in [0.2, 0.25) is 0 Å². The summed E-state index contributed by atoms with van der Waals surface area (Å²) in [6.07, 6.45) is 5.39. The highest BCUT2D eigenvalue weighted by Gasteiger charge is 2.29. The molecule has 2 aromatic carbocycles.